The van der Waals surface area contributed by atoms with E-state index < -0.39 is 10.4 Å². The average Bonchev–Trinajstić information content (AvgIpc) is 2.02. The number of hydrogen-bond donors (Lipinski definition) is 0. The molecule has 92 valence electrons. The highest BCUT2D eigenvalue weighted by atomic mass is 32.3. The van der Waals surface area contributed by atoms with E-state index in [0.29, 0.717) is 0 Å². The maximum absolute atomic E-state index is 8.52. The molecule has 6 nitrogen and oxygen atoms in total. The molecule has 15 heavy (non-hydrogen) atoms. The highest BCUT2D eigenvalue weighted by Gasteiger charge is 1.72. The zero-order chi connectivity index (χ0) is 13.1. The zero-order valence-corrected chi connectivity index (χ0v) is 10.6. The fourth-order valence-electron chi connectivity index (χ4n) is 0. The van der Waals surface area contributed by atoms with E-state index >= 15 is 0 Å². The average molecular weight is 240 g/mol. The van der Waals surface area contributed by atoms with E-state index in [1.165, 1.54) is 0 Å². The Hall–Kier alpha value is -0.790. The van der Waals surface area contributed by atoms with Crippen LogP contribution < -0.4 is 0 Å². The first-order valence-electron chi connectivity index (χ1n) is 4.24. The molecule has 0 atom stereocenters. The molecule has 0 aliphatic carbocycles. The summed E-state index contributed by atoms with van der Waals surface area (Å²) in [4.78, 5) is 0. The van der Waals surface area contributed by atoms with Gasteiger partial charge in [0.15, 0.2) is 0 Å². The third-order valence-corrected chi connectivity index (χ3v) is 1.08. The molecule has 0 heterocycles. The summed E-state index contributed by atoms with van der Waals surface area (Å²) in [5.41, 5.74) is 0. The Morgan fingerprint density at radius 1 is 1.00 bits per heavy atom. The molecule has 0 aliphatic heterocycles. The predicted molar refractivity (Wildman–Crippen MR) is 58.2 cm³/mol. The van der Waals surface area contributed by atoms with Gasteiger partial charge in [0, 0.05) is 10.4 Å². The largest absolute Gasteiger partial charge is 0.759 e. The smallest absolute Gasteiger partial charge is 0.139 e. The van der Waals surface area contributed by atoms with Gasteiger partial charge in [0.25, 0.3) is 0 Å². The lowest BCUT2D eigenvalue weighted by molar-refractivity contribution is -0.484. The fourth-order valence-corrected chi connectivity index (χ4v) is 0. The third kappa shape index (κ3) is 161. The number of rotatable bonds is 2. The molecule has 0 spiro atoms. The highest BCUT2D eigenvalue weighted by Crippen LogP contribution is 1.57. The first kappa shape index (κ1) is 19.7. The Balaban J connectivity index is -0.000000144. The van der Waals surface area contributed by atoms with E-state index in [2.05, 4.69) is 27.3 Å². The quantitative estimate of drug-likeness (QED) is 0.278. The van der Waals surface area contributed by atoms with Crippen LogP contribution in [0.3, 0.4) is 0 Å². The molecule has 0 saturated carbocycles. The van der Waals surface area contributed by atoms with Crippen molar-refractivity contribution in [2.45, 2.75) is 13.8 Å². The van der Waals surface area contributed by atoms with Crippen LogP contribution in [0.25, 0.3) is 0 Å². The first-order chi connectivity index (χ1) is 6.54. The van der Waals surface area contributed by atoms with E-state index in [1.54, 1.807) is 0 Å². The Morgan fingerprint density at radius 3 is 1.07 bits per heavy atom. The van der Waals surface area contributed by atoms with E-state index in [-0.39, 0.29) is 0 Å². The number of hydrogen-bond acceptors (Lipinski definition) is 4. The monoisotopic (exact) mass is 240 g/mol. The van der Waals surface area contributed by atoms with Gasteiger partial charge >= 0.3 is 0 Å². The van der Waals surface area contributed by atoms with Gasteiger partial charge in [-0.3, -0.25) is 8.42 Å². The van der Waals surface area contributed by atoms with Crippen LogP contribution in [0.4, 0.5) is 0 Å². The van der Waals surface area contributed by atoms with Gasteiger partial charge in [-0.05, 0) is 13.8 Å². The molecule has 0 saturated heterocycles. The minimum Gasteiger partial charge on any atom is -0.759 e. The van der Waals surface area contributed by atoms with Crippen molar-refractivity contribution in [3.05, 3.63) is 0 Å². The SMILES string of the molecule is C=[N+](C)CC.C=[N+](C)CC.O=S(=O)([O-])[O-]. The molecular weight excluding hydrogens is 220 g/mol. The Bertz CT molecular complexity index is 250. The van der Waals surface area contributed by atoms with E-state index in [0.717, 1.165) is 13.1 Å². The Labute approximate surface area is 92.1 Å². The molecule has 0 unspecified atom stereocenters. The molecule has 0 aromatic carbocycles. The van der Waals surface area contributed by atoms with Crippen LogP contribution in [0.1, 0.15) is 13.8 Å². The summed E-state index contributed by atoms with van der Waals surface area (Å²) in [6.07, 6.45) is 0. The molecule has 0 aromatic heterocycles. The van der Waals surface area contributed by atoms with Crippen LogP contribution in [0, 0.1) is 0 Å². The van der Waals surface area contributed by atoms with Gasteiger partial charge in [-0.15, -0.1) is 0 Å². The van der Waals surface area contributed by atoms with Crippen molar-refractivity contribution in [2.24, 2.45) is 0 Å². The lowest BCUT2D eigenvalue weighted by Crippen LogP contribution is -1.97. The summed E-state index contributed by atoms with van der Waals surface area (Å²) in [5, 5.41) is 0. The lowest BCUT2D eigenvalue weighted by atomic mass is 10.7. The van der Waals surface area contributed by atoms with Crippen LogP contribution in [0.5, 0.6) is 0 Å². The van der Waals surface area contributed by atoms with Gasteiger partial charge in [0.05, 0.1) is 0 Å². The van der Waals surface area contributed by atoms with Crippen molar-refractivity contribution in [2.75, 3.05) is 27.2 Å². The highest BCUT2D eigenvalue weighted by molar-refractivity contribution is 7.79. The molecule has 0 amide bonds. The summed E-state index contributed by atoms with van der Waals surface area (Å²) in [6, 6.07) is 0. The normalized spacial score (nSPS) is 8.93. The predicted octanol–water partition coefficient (Wildman–Crippen LogP) is -0.640. The van der Waals surface area contributed by atoms with Crippen molar-refractivity contribution >= 4 is 23.8 Å². The molecular formula is C8H20N2O4S. The molecule has 0 aliphatic rings. The van der Waals surface area contributed by atoms with Crippen LogP contribution in [0.2, 0.25) is 0 Å². The van der Waals surface area contributed by atoms with Crippen LogP contribution in [-0.4, -0.2) is 67.3 Å². The minimum atomic E-state index is -5.17. The van der Waals surface area contributed by atoms with Crippen molar-refractivity contribution in [3.8, 4) is 0 Å². The van der Waals surface area contributed by atoms with Crippen molar-refractivity contribution in [3.63, 3.8) is 0 Å². The topological polar surface area (TPSA) is 86.3 Å². The van der Waals surface area contributed by atoms with Gasteiger partial charge in [0.2, 0.25) is 0 Å². The minimum absolute atomic E-state index is 1.03. The first-order valence-corrected chi connectivity index (χ1v) is 5.57. The molecule has 0 bridgehead atoms. The second-order valence-corrected chi connectivity index (χ2v) is 3.57. The Morgan fingerprint density at radius 2 is 1.07 bits per heavy atom. The summed E-state index contributed by atoms with van der Waals surface area (Å²) in [7, 11) is -1.28. The standard InChI is InChI=1S/2C4H10N.H2O4S/c2*1-4-5(2)3;1-5(2,3)4/h2*2,4H2,1,3H3;(H2,1,2,3,4)/q2*+1;/p-2. The molecule has 0 rings (SSSR count). The molecule has 0 fully saturated rings. The summed E-state index contributed by atoms with van der Waals surface area (Å²) in [6.45, 7) is 13.4. The van der Waals surface area contributed by atoms with Crippen molar-refractivity contribution < 1.29 is 26.7 Å². The summed E-state index contributed by atoms with van der Waals surface area (Å²) >= 11 is 0. The fraction of sp³-hybridized carbons (Fsp3) is 0.750. The van der Waals surface area contributed by atoms with E-state index in [9.17, 15) is 0 Å². The summed E-state index contributed by atoms with van der Waals surface area (Å²) < 4.78 is 37.8. The van der Waals surface area contributed by atoms with Gasteiger partial charge in [-0.25, -0.2) is 9.15 Å². The molecule has 0 N–H and O–H groups in total. The third-order valence-electron chi connectivity index (χ3n) is 1.08. The maximum Gasteiger partial charge on any atom is 0.139 e. The molecule has 0 radical (unpaired) electrons. The van der Waals surface area contributed by atoms with Gasteiger partial charge in [-0.1, -0.05) is 0 Å². The van der Waals surface area contributed by atoms with E-state index in [4.69, 9.17) is 17.5 Å². The van der Waals surface area contributed by atoms with Crippen molar-refractivity contribution in [1.29, 1.82) is 0 Å². The van der Waals surface area contributed by atoms with E-state index in [1.807, 2.05) is 23.2 Å². The second-order valence-electron chi connectivity index (χ2n) is 2.75. The zero-order valence-electron chi connectivity index (χ0n) is 9.76. The maximum atomic E-state index is 8.52. The summed E-state index contributed by atoms with van der Waals surface area (Å²) in [5.74, 6) is 0. The lowest BCUT2D eigenvalue weighted by Gasteiger charge is -2.06. The second kappa shape index (κ2) is 11.3. The van der Waals surface area contributed by atoms with Gasteiger partial charge in [0.1, 0.15) is 40.6 Å². The van der Waals surface area contributed by atoms with Crippen molar-refractivity contribution in [1.82, 2.24) is 0 Å². The molecule has 7 heteroatoms. The van der Waals surface area contributed by atoms with Crippen LogP contribution >= 0.6 is 0 Å². The Kier molecular flexibility index (Phi) is 14.8. The van der Waals surface area contributed by atoms with Crippen LogP contribution in [0.15, 0.2) is 0 Å². The molecule has 0 aromatic rings. The van der Waals surface area contributed by atoms with Gasteiger partial charge < -0.3 is 9.11 Å². The van der Waals surface area contributed by atoms with Gasteiger partial charge in [-0.2, -0.15) is 0 Å². The number of nitrogens with zero attached hydrogens (tertiary/aromatic N) is 2. The van der Waals surface area contributed by atoms with Crippen LogP contribution in [-0.2, 0) is 10.4 Å².